The van der Waals surface area contributed by atoms with E-state index in [0.717, 1.165) is 25.0 Å². The first-order valence-corrected chi connectivity index (χ1v) is 6.66. The summed E-state index contributed by atoms with van der Waals surface area (Å²) in [4.78, 5) is 0. The van der Waals surface area contributed by atoms with Crippen molar-refractivity contribution >= 4 is 0 Å². The van der Waals surface area contributed by atoms with E-state index in [2.05, 4.69) is 19.2 Å². The maximum absolute atomic E-state index is 5.89. The highest BCUT2D eigenvalue weighted by molar-refractivity contribution is 4.89. The van der Waals surface area contributed by atoms with E-state index in [9.17, 15) is 0 Å². The van der Waals surface area contributed by atoms with Crippen molar-refractivity contribution in [1.29, 1.82) is 0 Å². The first-order valence-electron chi connectivity index (χ1n) is 6.66. The molecule has 3 unspecified atom stereocenters. The molecule has 0 bridgehead atoms. The zero-order chi connectivity index (χ0) is 10.7. The predicted octanol–water partition coefficient (Wildman–Crippen LogP) is 2.58. The van der Waals surface area contributed by atoms with Crippen LogP contribution in [0.25, 0.3) is 0 Å². The molecule has 1 heterocycles. The molecule has 1 aliphatic heterocycles. The summed E-state index contributed by atoms with van der Waals surface area (Å²) in [6, 6.07) is 0.620. The first-order chi connectivity index (χ1) is 7.31. The molecular formula is C13H25NO. The van der Waals surface area contributed by atoms with Crippen molar-refractivity contribution in [1.82, 2.24) is 5.32 Å². The van der Waals surface area contributed by atoms with Gasteiger partial charge in [0.05, 0.1) is 6.10 Å². The van der Waals surface area contributed by atoms with E-state index in [0.29, 0.717) is 12.1 Å². The number of rotatable bonds is 6. The lowest BCUT2D eigenvalue weighted by atomic mass is 9.94. The van der Waals surface area contributed by atoms with Crippen LogP contribution in [0.5, 0.6) is 0 Å². The highest BCUT2D eigenvalue weighted by Gasteiger charge is 2.35. The quantitative estimate of drug-likeness (QED) is 0.729. The van der Waals surface area contributed by atoms with Gasteiger partial charge in [0, 0.05) is 12.6 Å². The summed E-state index contributed by atoms with van der Waals surface area (Å²) in [6.07, 6.45) is 7.20. The second kappa shape index (κ2) is 5.31. The molecule has 2 heteroatoms. The molecule has 0 spiro atoms. The second-order valence-electron chi connectivity index (χ2n) is 5.34. The smallest absolute Gasteiger partial charge is 0.0754 e. The van der Waals surface area contributed by atoms with Gasteiger partial charge in [-0.15, -0.1) is 0 Å². The summed E-state index contributed by atoms with van der Waals surface area (Å²) in [5.74, 6) is 1.74. The maximum atomic E-state index is 5.89. The molecule has 0 aromatic carbocycles. The van der Waals surface area contributed by atoms with Crippen molar-refractivity contribution in [3.63, 3.8) is 0 Å². The van der Waals surface area contributed by atoms with Crippen molar-refractivity contribution in [2.24, 2.45) is 11.8 Å². The third kappa shape index (κ3) is 3.18. The molecule has 1 saturated heterocycles. The SMILES string of the molecule is CCCNC(CC1CC1)C1OCCC1C. The lowest BCUT2D eigenvalue weighted by Crippen LogP contribution is -2.42. The monoisotopic (exact) mass is 211 g/mol. The van der Waals surface area contributed by atoms with Crippen LogP contribution in [0, 0.1) is 11.8 Å². The molecule has 1 aliphatic carbocycles. The van der Waals surface area contributed by atoms with E-state index >= 15 is 0 Å². The van der Waals surface area contributed by atoms with Crippen molar-refractivity contribution in [3.05, 3.63) is 0 Å². The fourth-order valence-electron chi connectivity index (χ4n) is 2.61. The molecule has 1 saturated carbocycles. The van der Waals surface area contributed by atoms with E-state index in [1.54, 1.807) is 0 Å². The van der Waals surface area contributed by atoms with E-state index in [1.807, 2.05) is 0 Å². The van der Waals surface area contributed by atoms with E-state index in [1.165, 1.54) is 32.1 Å². The maximum Gasteiger partial charge on any atom is 0.0754 e. The summed E-state index contributed by atoms with van der Waals surface area (Å²) in [5, 5.41) is 3.69. The zero-order valence-corrected chi connectivity index (χ0v) is 10.2. The standard InChI is InChI=1S/C13H25NO/c1-3-7-14-12(9-11-4-5-11)13-10(2)6-8-15-13/h10-14H,3-9H2,1-2H3. The Labute approximate surface area is 93.8 Å². The summed E-state index contributed by atoms with van der Waals surface area (Å²) in [6.45, 7) is 6.69. The summed E-state index contributed by atoms with van der Waals surface area (Å²) in [7, 11) is 0. The zero-order valence-electron chi connectivity index (χ0n) is 10.2. The lowest BCUT2D eigenvalue weighted by molar-refractivity contribution is 0.0565. The van der Waals surface area contributed by atoms with Gasteiger partial charge in [0.25, 0.3) is 0 Å². The number of hydrogen-bond donors (Lipinski definition) is 1. The number of nitrogens with one attached hydrogen (secondary N) is 1. The van der Waals surface area contributed by atoms with Gasteiger partial charge in [0.1, 0.15) is 0 Å². The highest BCUT2D eigenvalue weighted by atomic mass is 16.5. The number of ether oxygens (including phenoxy) is 1. The van der Waals surface area contributed by atoms with Gasteiger partial charge >= 0.3 is 0 Å². The molecule has 2 aliphatic rings. The molecule has 2 fully saturated rings. The van der Waals surface area contributed by atoms with Crippen molar-refractivity contribution in [2.75, 3.05) is 13.2 Å². The molecule has 1 N–H and O–H groups in total. The van der Waals surface area contributed by atoms with Gasteiger partial charge < -0.3 is 10.1 Å². The van der Waals surface area contributed by atoms with Gasteiger partial charge in [0.15, 0.2) is 0 Å². The minimum Gasteiger partial charge on any atom is -0.376 e. The molecule has 2 rings (SSSR count). The Morgan fingerprint density at radius 2 is 2.13 bits per heavy atom. The van der Waals surface area contributed by atoms with Crippen LogP contribution in [0.1, 0.15) is 46.0 Å². The molecule has 3 atom stereocenters. The molecule has 0 amide bonds. The van der Waals surface area contributed by atoms with Gasteiger partial charge in [-0.05, 0) is 37.6 Å². The highest BCUT2D eigenvalue weighted by Crippen LogP contribution is 2.36. The Morgan fingerprint density at radius 1 is 1.33 bits per heavy atom. The topological polar surface area (TPSA) is 21.3 Å². The number of hydrogen-bond acceptors (Lipinski definition) is 2. The molecule has 0 aromatic heterocycles. The lowest BCUT2D eigenvalue weighted by Gasteiger charge is -2.27. The van der Waals surface area contributed by atoms with Crippen LogP contribution in [0.3, 0.4) is 0 Å². The van der Waals surface area contributed by atoms with E-state index in [4.69, 9.17) is 4.74 Å². The van der Waals surface area contributed by atoms with Crippen LogP contribution in [0.4, 0.5) is 0 Å². The Bertz CT molecular complexity index is 191. The fourth-order valence-corrected chi connectivity index (χ4v) is 2.61. The van der Waals surface area contributed by atoms with Crippen molar-refractivity contribution in [2.45, 2.75) is 58.1 Å². The van der Waals surface area contributed by atoms with Crippen LogP contribution in [0.15, 0.2) is 0 Å². The molecule has 15 heavy (non-hydrogen) atoms. The van der Waals surface area contributed by atoms with Crippen LogP contribution < -0.4 is 5.32 Å². The van der Waals surface area contributed by atoms with E-state index < -0.39 is 0 Å². The predicted molar refractivity (Wildman–Crippen MR) is 62.9 cm³/mol. The first kappa shape index (κ1) is 11.4. The van der Waals surface area contributed by atoms with Gasteiger partial charge in [-0.2, -0.15) is 0 Å². The second-order valence-corrected chi connectivity index (χ2v) is 5.34. The summed E-state index contributed by atoms with van der Waals surface area (Å²) < 4.78 is 5.89. The fraction of sp³-hybridized carbons (Fsp3) is 1.00. The van der Waals surface area contributed by atoms with Crippen LogP contribution in [-0.4, -0.2) is 25.3 Å². The summed E-state index contributed by atoms with van der Waals surface area (Å²) in [5.41, 5.74) is 0. The van der Waals surface area contributed by atoms with Gasteiger partial charge in [-0.3, -0.25) is 0 Å². The molecule has 0 radical (unpaired) electrons. The van der Waals surface area contributed by atoms with Crippen LogP contribution >= 0.6 is 0 Å². The van der Waals surface area contributed by atoms with Gasteiger partial charge in [-0.25, -0.2) is 0 Å². The van der Waals surface area contributed by atoms with Crippen molar-refractivity contribution < 1.29 is 4.74 Å². The van der Waals surface area contributed by atoms with Crippen LogP contribution in [-0.2, 0) is 4.74 Å². The van der Waals surface area contributed by atoms with E-state index in [-0.39, 0.29) is 0 Å². The summed E-state index contributed by atoms with van der Waals surface area (Å²) >= 11 is 0. The van der Waals surface area contributed by atoms with Crippen molar-refractivity contribution in [3.8, 4) is 0 Å². The average molecular weight is 211 g/mol. The Kier molecular flexibility index (Phi) is 4.04. The van der Waals surface area contributed by atoms with Crippen LogP contribution in [0.2, 0.25) is 0 Å². The minimum atomic E-state index is 0.483. The Hall–Kier alpha value is -0.0800. The third-order valence-corrected chi connectivity index (χ3v) is 3.78. The normalized spacial score (nSPS) is 33.2. The third-order valence-electron chi connectivity index (χ3n) is 3.78. The molecule has 88 valence electrons. The average Bonchev–Trinajstić information content (AvgIpc) is 2.95. The Balaban J connectivity index is 1.84. The molecule has 0 aromatic rings. The largest absolute Gasteiger partial charge is 0.376 e. The van der Waals surface area contributed by atoms with Gasteiger partial charge in [0.2, 0.25) is 0 Å². The minimum absolute atomic E-state index is 0.483. The Morgan fingerprint density at radius 3 is 2.67 bits per heavy atom. The molecule has 2 nitrogen and oxygen atoms in total. The molecular weight excluding hydrogens is 186 g/mol. The van der Waals surface area contributed by atoms with Gasteiger partial charge in [-0.1, -0.05) is 26.7 Å².